The summed E-state index contributed by atoms with van der Waals surface area (Å²) in [6.45, 7) is 6.47. The van der Waals surface area contributed by atoms with Gasteiger partial charge in [0.15, 0.2) is 0 Å². The predicted molar refractivity (Wildman–Crippen MR) is 56.4 cm³/mol. The van der Waals surface area contributed by atoms with Crippen molar-refractivity contribution in [1.82, 2.24) is 0 Å². The molecule has 0 aliphatic carbocycles. The van der Waals surface area contributed by atoms with Gasteiger partial charge < -0.3 is 12.6 Å². The topological polar surface area (TPSA) is 0 Å². The summed E-state index contributed by atoms with van der Waals surface area (Å²) in [6.07, 6.45) is 0. The second kappa shape index (κ2) is 5.72. The zero-order chi connectivity index (χ0) is 9.19. The van der Waals surface area contributed by atoms with Gasteiger partial charge in [0.1, 0.15) is 0 Å². The normalized spacial score (nSPS) is 10.8. The minimum Gasteiger partial charge on any atom is -0.792 e. The summed E-state index contributed by atoms with van der Waals surface area (Å²) < 4.78 is 0. The summed E-state index contributed by atoms with van der Waals surface area (Å²) in [5.74, 6) is 0.774. The largest absolute Gasteiger partial charge is 3.00 e. The first kappa shape index (κ1) is 13.9. The molecule has 0 aromatic heterocycles. The van der Waals surface area contributed by atoms with Gasteiger partial charge in [0, 0.05) is 0 Å². The van der Waals surface area contributed by atoms with Crippen LogP contribution in [0.5, 0.6) is 0 Å². The van der Waals surface area contributed by atoms with Crippen LogP contribution in [0.3, 0.4) is 0 Å². The maximum Gasteiger partial charge on any atom is 3.00 e. The monoisotopic (exact) mass is 321 g/mol. The molecule has 0 saturated heterocycles. The third-order valence-electron chi connectivity index (χ3n) is 2.19. The van der Waals surface area contributed by atoms with E-state index in [1.54, 1.807) is 0 Å². The number of hydrogen-bond donors (Lipinski definition) is 0. The quantitative estimate of drug-likeness (QED) is 0.754. The summed E-state index contributed by atoms with van der Waals surface area (Å²) in [4.78, 5) is 0. The van der Waals surface area contributed by atoms with Gasteiger partial charge in [-0.05, 0) is 17.9 Å². The van der Waals surface area contributed by atoms with Crippen LogP contribution in [0.1, 0.15) is 25.0 Å². The van der Waals surface area contributed by atoms with Gasteiger partial charge in [-0.3, -0.25) is 0 Å². The van der Waals surface area contributed by atoms with Crippen molar-refractivity contribution < 1.29 is 40.8 Å². The van der Waals surface area contributed by atoms with E-state index in [0.717, 1.165) is 5.75 Å². The van der Waals surface area contributed by atoms with E-state index in [-0.39, 0.29) is 46.3 Å². The van der Waals surface area contributed by atoms with Crippen molar-refractivity contribution in [3.8, 4) is 0 Å². The fraction of sp³-hybridized carbons (Fsp3) is 0.455. The molecule has 0 unspecified atom stereocenters. The fourth-order valence-corrected chi connectivity index (χ4v) is 1.25. The first-order valence-electron chi connectivity index (χ1n) is 4.21. The minimum atomic E-state index is 0. The van der Waals surface area contributed by atoms with E-state index in [4.69, 9.17) is 12.6 Å². The van der Waals surface area contributed by atoms with Crippen molar-refractivity contribution in [2.24, 2.45) is 0 Å². The van der Waals surface area contributed by atoms with Crippen LogP contribution in [0.15, 0.2) is 24.3 Å². The first-order valence-corrected chi connectivity index (χ1v) is 4.79. The summed E-state index contributed by atoms with van der Waals surface area (Å²) in [5.41, 5.74) is 2.78. The molecular formula is C11H15NdS+2. The molecule has 0 aliphatic heterocycles. The molecule has 0 bridgehead atoms. The van der Waals surface area contributed by atoms with Crippen LogP contribution in [-0.2, 0) is 18.0 Å². The second-order valence-corrected chi connectivity index (χ2v) is 4.18. The molecule has 0 amide bonds. The van der Waals surface area contributed by atoms with E-state index in [9.17, 15) is 0 Å². The Morgan fingerprint density at radius 2 is 1.62 bits per heavy atom. The smallest absolute Gasteiger partial charge is 0.792 e. The van der Waals surface area contributed by atoms with Gasteiger partial charge in [0.05, 0.1) is 0 Å². The number of benzene rings is 1. The van der Waals surface area contributed by atoms with Gasteiger partial charge in [-0.25, -0.2) is 0 Å². The van der Waals surface area contributed by atoms with Gasteiger partial charge in [-0.1, -0.05) is 43.7 Å². The predicted octanol–water partition coefficient (Wildman–Crippen LogP) is 2.82. The van der Waals surface area contributed by atoms with Gasteiger partial charge >= 0.3 is 40.8 Å². The number of hydrogen-bond acceptors (Lipinski definition) is 1. The average Bonchev–Trinajstić information content (AvgIpc) is 2.05. The number of rotatable bonds is 2. The molecule has 67 valence electrons. The zero-order valence-electron chi connectivity index (χ0n) is 8.42. The molecule has 0 saturated carbocycles. The van der Waals surface area contributed by atoms with Gasteiger partial charge in [-0.2, -0.15) is 5.75 Å². The molecule has 0 nitrogen and oxygen atoms in total. The van der Waals surface area contributed by atoms with E-state index in [1.807, 2.05) is 0 Å². The zero-order valence-corrected chi connectivity index (χ0v) is 12.4. The molecule has 2 heteroatoms. The summed E-state index contributed by atoms with van der Waals surface area (Å²) in [5, 5.41) is 0. The van der Waals surface area contributed by atoms with Crippen LogP contribution in [0.2, 0.25) is 0 Å². The van der Waals surface area contributed by atoms with E-state index in [0.29, 0.717) is 0 Å². The van der Waals surface area contributed by atoms with Crippen LogP contribution in [0.4, 0.5) is 0 Å². The van der Waals surface area contributed by atoms with Crippen molar-refractivity contribution >= 4 is 12.6 Å². The van der Waals surface area contributed by atoms with Crippen LogP contribution in [0, 0.1) is 47.8 Å². The van der Waals surface area contributed by atoms with Crippen molar-refractivity contribution in [3.05, 3.63) is 35.4 Å². The van der Waals surface area contributed by atoms with Crippen LogP contribution in [0.25, 0.3) is 0 Å². The first-order chi connectivity index (χ1) is 5.56. The molecule has 0 N–H and O–H groups in total. The van der Waals surface area contributed by atoms with Gasteiger partial charge in [0.25, 0.3) is 0 Å². The Morgan fingerprint density at radius 3 is 2.00 bits per heavy atom. The molecule has 0 atom stereocenters. The molecule has 1 radical (unpaired) electrons. The molecule has 0 aliphatic rings. The van der Waals surface area contributed by atoms with Gasteiger partial charge in [0.2, 0.25) is 0 Å². The van der Waals surface area contributed by atoms with Gasteiger partial charge in [-0.15, -0.1) is 0 Å². The fourth-order valence-electron chi connectivity index (χ4n) is 1.09. The molecular weight excluding hydrogens is 308 g/mol. The molecule has 0 fully saturated rings. The Labute approximate surface area is 119 Å². The maximum absolute atomic E-state index is 5.10. The average molecular weight is 324 g/mol. The Morgan fingerprint density at radius 1 is 1.15 bits per heavy atom. The van der Waals surface area contributed by atoms with Crippen LogP contribution in [-0.4, -0.2) is 5.75 Å². The Bertz CT molecular complexity index is 251. The number of aryl methyl sites for hydroxylation is 1. The molecule has 1 rings (SSSR count). The Balaban J connectivity index is 0.00000144. The third kappa shape index (κ3) is 3.88. The van der Waals surface area contributed by atoms with Crippen molar-refractivity contribution in [3.63, 3.8) is 0 Å². The van der Waals surface area contributed by atoms with E-state index in [2.05, 4.69) is 45.0 Å². The van der Waals surface area contributed by atoms with E-state index < -0.39 is 0 Å². The summed E-state index contributed by atoms with van der Waals surface area (Å²) in [6, 6.07) is 8.62. The standard InChI is InChI=1S/C11H16S.Nd/c1-9-4-6-10(7-5-9)11(2,3)8-12;/h4-7,12H,8H2,1-3H3;/q;+3/p-1. The summed E-state index contributed by atoms with van der Waals surface area (Å²) in [7, 11) is 0. The summed E-state index contributed by atoms with van der Waals surface area (Å²) >= 11 is 5.10. The van der Waals surface area contributed by atoms with Crippen molar-refractivity contribution in [1.29, 1.82) is 0 Å². The van der Waals surface area contributed by atoms with E-state index in [1.165, 1.54) is 11.1 Å². The third-order valence-corrected chi connectivity index (χ3v) is 2.92. The Kier molecular flexibility index (Phi) is 6.12. The molecule has 0 heterocycles. The van der Waals surface area contributed by atoms with Crippen molar-refractivity contribution in [2.45, 2.75) is 26.2 Å². The molecule has 1 aromatic rings. The minimum absolute atomic E-state index is 0. The van der Waals surface area contributed by atoms with Crippen molar-refractivity contribution in [2.75, 3.05) is 5.75 Å². The van der Waals surface area contributed by atoms with Crippen LogP contribution < -0.4 is 0 Å². The van der Waals surface area contributed by atoms with E-state index >= 15 is 0 Å². The second-order valence-electron chi connectivity index (χ2n) is 3.89. The van der Waals surface area contributed by atoms with Crippen LogP contribution >= 0.6 is 0 Å². The SMILES string of the molecule is Cc1ccc(C(C)(C)C[S-])cc1.[Nd+3]. The molecule has 13 heavy (non-hydrogen) atoms. The maximum atomic E-state index is 5.10. The Hall–Kier alpha value is 0.921. The molecule has 1 aromatic carbocycles. The molecule has 0 spiro atoms.